The molecule has 22 heavy (non-hydrogen) atoms. The molecule has 0 unspecified atom stereocenters. The highest BCUT2D eigenvalue weighted by Crippen LogP contribution is 2.20. The normalized spacial score (nSPS) is 15.2. The SMILES string of the molecule is Cc1cc(NC(=O)[C@H](CCNC2CC2)NC(=O)O)ccc1Cl. The van der Waals surface area contributed by atoms with Crippen LogP contribution in [0.1, 0.15) is 24.8 Å². The van der Waals surface area contributed by atoms with Gasteiger partial charge in [-0.2, -0.15) is 0 Å². The molecule has 2 amide bonds. The molecule has 1 aromatic rings. The Balaban J connectivity index is 1.93. The number of amides is 2. The Morgan fingerprint density at radius 2 is 2.14 bits per heavy atom. The van der Waals surface area contributed by atoms with Gasteiger partial charge in [-0.3, -0.25) is 4.79 Å². The number of carbonyl (C=O) groups excluding carboxylic acids is 1. The minimum absolute atomic E-state index is 0.373. The first-order valence-corrected chi connectivity index (χ1v) is 7.63. The lowest BCUT2D eigenvalue weighted by atomic mass is 10.1. The zero-order chi connectivity index (χ0) is 16.1. The van der Waals surface area contributed by atoms with Crippen LogP contribution in [0, 0.1) is 6.92 Å². The molecule has 120 valence electrons. The van der Waals surface area contributed by atoms with Crippen LogP contribution in [-0.4, -0.2) is 35.7 Å². The van der Waals surface area contributed by atoms with Gasteiger partial charge < -0.3 is 21.1 Å². The van der Waals surface area contributed by atoms with Crippen molar-refractivity contribution in [3.05, 3.63) is 28.8 Å². The van der Waals surface area contributed by atoms with Crippen LogP contribution in [0.5, 0.6) is 0 Å². The lowest BCUT2D eigenvalue weighted by Crippen LogP contribution is -2.44. The van der Waals surface area contributed by atoms with Crippen molar-refractivity contribution in [1.82, 2.24) is 10.6 Å². The van der Waals surface area contributed by atoms with Gasteiger partial charge in [0.05, 0.1) is 0 Å². The maximum atomic E-state index is 12.2. The molecule has 1 aliphatic rings. The van der Waals surface area contributed by atoms with Crippen LogP contribution in [0.4, 0.5) is 10.5 Å². The molecule has 0 heterocycles. The predicted molar refractivity (Wildman–Crippen MR) is 85.4 cm³/mol. The molecule has 0 saturated heterocycles. The fraction of sp³-hybridized carbons (Fsp3) is 0.467. The summed E-state index contributed by atoms with van der Waals surface area (Å²) in [6.07, 6.45) is 1.49. The van der Waals surface area contributed by atoms with Crippen molar-refractivity contribution < 1.29 is 14.7 Å². The van der Waals surface area contributed by atoms with Crippen LogP contribution in [0.3, 0.4) is 0 Å². The van der Waals surface area contributed by atoms with Crippen molar-refractivity contribution in [2.45, 2.75) is 38.3 Å². The van der Waals surface area contributed by atoms with Gasteiger partial charge in [0.25, 0.3) is 0 Å². The molecule has 0 bridgehead atoms. The number of carboxylic acid groups (broad SMARTS) is 1. The van der Waals surface area contributed by atoms with Gasteiger partial charge >= 0.3 is 6.09 Å². The van der Waals surface area contributed by atoms with Gasteiger partial charge in [-0.25, -0.2) is 4.79 Å². The zero-order valence-electron chi connectivity index (χ0n) is 12.4. The Hall–Kier alpha value is -1.79. The number of hydrogen-bond acceptors (Lipinski definition) is 3. The highest BCUT2D eigenvalue weighted by molar-refractivity contribution is 6.31. The lowest BCUT2D eigenvalue weighted by Gasteiger charge is -2.17. The van der Waals surface area contributed by atoms with Crippen LogP contribution >= 0.6 is 11.6 Å². The Morgan fingerprint density at radius 1 is 1.41 bits per heavy atom. The number of nitrogens with one attached hydrogen (secondary N) is 3. The molecule has 4 N–H and O–H groups in total. The van der Waals surface area contributed by atoms with E-state index in [9.17, 15) is 9.59 Å². The van der Waals surface area contributed by atoms with Crippen LogP contribution in [-0.2, 0) is 4.79 Å². The minimum Gasteiger partial charge on any atom is -0.465 e. The molecule has 0 radical (unpaired) electrons. The Kier molecular flexibility index (Phi) is 5.63. The number of halogens is 1. The molecule has 1 saturated carbocycles. The van der Waals surface area contributed by atoms with E-state index in [4.69, 9.17) is 16.7 Å². The van der Waals surface area contributed by atoms with E-state index in [2.05, 4.69) is 16.0 Å². The van der Waals surface area contributed by atoms with Crippen molar-refractivity contribution in [3.63, 3.8) is 0 Å². The molecular weight excluding hydrogens is 306 g/mol. The molecule has 1 aromatic carbocycles. The highest BCUT2D eigenvalue weighted by atomic mass is 35.5. The van der Waals surface area contributed by atoms with Crippen molar-refractivity contribution in [2.75, 3.05) is 11.9 Å². The Morgan fingerprint density at radius 3 is 2.73 bits per heavy atom. The molecule has 1 aliphatic carbocycles. The lowest BCUT2D eigenvalue weighted by molar-refractivity contribution is -0.118. The van der Waals surface area contributed by atoms with Crippen LogP contribution in [0.25, 0.3) is 0 Å². The average Bonchev–Trinajstić information content (AvgIpc) is 3.25. The maximum absolute atomic E-state index is 12.2. The van der Waals surface area contributed by atoms with E-state index < -0.39 is 12.1 Å². The van der Waals surface area contributed by atoms with Gasteiger partial charge in [-0.1, -0.05) is 11.6 Å². The Labute approximate surface area is 134 Å². The van der Waals surface area contributed by atoms with Crippen molar-refractivity contribution in [2.24, 2.45) is 0 Å². The van der Waals surface area contributed by atoms with E-state index in [1.807, 2.05) is 6.92 Å². The predicted octanol–water partition coefficient (Wildman–Crippen LogP) is 2.37. The quantitative estimate of drug-likeness (QED) is 0.619. The molecule has 0 aliphatic heterocycles. The number of hydrogen-bond donors (Lipinski definition) is 4. The molecule has 2 rings (SSSR count). The summed E-state index contributed by atoms with van der Waals surface area (Å²) >= 11 is 5.94. The zero-order valence-corrected chi connectivity index (χ0v) is 13.1. The molecule has 0 spiro atoms. The first-order chi connectivity index (χ1) is 10.5. The summed E-state index contributed by atoms with van der Waals surface area (Å²) in [5, 5.41) is 17.7. The molecule has 7 heteroatoms. The number of aryl methyl sites for hydroxylation is 1. The van der Waals surface area contributed by atoms with E-state index >= 15 is 0 Å². The van der Waals surface area contributed by atoms with Gasteiger partial charge in [0.15, 0.2) is 0 Å². The standard InChI is InChI=1S/C15H20ClN3O3/c1-9-8-11(4-5-12(9)16)18-14(20)13(19-15(21)22)6-7-17-10-2-3-10/h4-5,8,10,13,17,19H,2-3,6-7H2,1H3,(H,18,20)(H,21,22)/t13-/m0/s1. The fourth-order valence-corrected chi connectivity index (χ4v) is 2.21. The van der Waals surface area contributed by atoms with Crippen LogP contribution in [0.15, 0.2) is 18.2 Å². The first kappa shape index (κ1) is 16.6. The molecule has 1 fully saturated rings. The van der Waals surface area contributed by atoms with Gasteiger partial charge in [0.2, 0.25) is 5.91 Å². The van der Waals surface area contributed by atoms with Gasteiger partial charge in [-0.05, 0) is 56.5 Å². The first-order valence-electron chi connectivity index (χ1n) is 7.25. The monoisotopic (exact) mass is 325 g/mol. The number of carbonyl (C=O) groups is 2. The van der Waals surface area contributed by atoms with Crippen molar-refractivity contribution in [1.29, 1.82) is 0 Å². The summed E-state index contributed by atoms with van der Waals surface area (Å²) in [5.74, 6) is -0.373. The smallest absolute Gasteiger partial charge is 0.405 e. The largest absolute Gasteiger partial charge is 0.465 e. The molecule has 1 atom stereocenters. The van der Waals surface area contributed by atoms with Crippen molar-refractivity contribution >= 4 is 29.3 Å². The van der Waals surface area contributed by atoms with E-state index in [1.165, 1.54) is 0 Å². The van der Waals surface area contributed by atoms with E-state index in [0.29, 0.717) is 29.7 Å². The number of anilines is 1. The van der Waals surface area contributed by atoms with Crippen molar-refractivity contribution in [3.8, 4) is 0 Å². The summed E-state index contributed by atoms with van der Waals surface area (Å²) < 4.78 is 0. The third kappa shape index (κ3) is 5.20. The second-order valence-corrected chi connectivity index (χ2v) is 5.88. The summed E-state index contributed by atoms with van der Waals surface area (Å²) in [6.45, 7) is 2.44. The summed E-state index contributed by atoms with van der Waals surface area (Å²) in [6, 6.07) is 4.86. The summed E-state index contributed by atoms with van der Waals surface area (Å²) in [5.41, 5.74) is 1.44. The van der Waals surface area contributed by atoms with Crippen LogP contribution in [0.2, 0.25) is 5.02 Å². The molecule has 6 nitrogen and oxygen atoms in total. The molecule has 0 aromatic heterocycles. The van der Waals surface area contributed by atoms with Gasteiger partial charge in [-0.15, -0.1) is 0 Å². The number of benzene rings is 1. The second-order valence-electron chi connectivity index (χ2n) is 5.47. The minimum atomic E-state index is -1.21. The van der Waals surface area contributed by atoms with E-state index in [-0.39, 0.29) is 5.91 Å². The maximum Gasteiger partial charge on any atom is 0.405 e. The third-order valence-corrected chi connectivity index (χ3v) is 3.91. The summed E-state index contributed by atoms with van der Waals surface area (Å²) in [4.78, 5) is 23.1. The summed E-state index contributed by atoms with van der Waals surface area (Å²) in [7, 11) is 0. The van der Waals surface area contributed by atoms with E-state index in [1.54, 1.807) is 18.2 Å². The average molecular weight is 326 g/mol. The highest BCUT2D eigenvalue weighted by Gasteiger charge is 2.24. The fourth-order valence-electron chi connectivity index (χ4n) is 2.09. The topological polar surface area (TPSA) is 90.5 Å². The van der Waals surface area contributed by atoms with E-state index in [0.717, 1.165) is 18.4 Å². The third-order valence-electron chi connectivity index (χ3n) is 3.48. The van der Waals surface area contributed by atoms with Gasteiger partial charge in [0, 0.05) is 16.8 Å². The molecular formula is C15H20ClN3O3. The number of rotatable bonds is 7. The Bertz CT molecular complexity index is 561. The van der Waals surface area contributed by atoms with Gasteiger partial charge in [0.1, 0.15) is 6.04 Å². The van der Waals surface area contributed by atoms with Crippen LogP contribution < -0.4 is 16.0 Å². The second kappa shape index (κ2) is 7.47.